The molecule has 6 rings (SSSR count). The van der Waals surface area contributed by atoms with E-state index >= 15 is 0 Å². The van der Waals surface area contributed by atoms with Crippen LogP contribution in [-0.4, -0.2) is 54.1 Å². The molecule has 6 aliphatic rings. The third-order valence-electron chi connectivity index (χ3n) is 8.28. The summed E-state index contributed by atoms with van der Waals surface area (Å²) >= 11 is 0. The van der Waals surface area contributed by atoms with E-state index < -0.39 is 0 Å². The molecule has 0 aromatic heterocycles. The molecule has 0 aromatic carbocycles. The molecule has 2 heterocycles. The summed E-state index contributed by atoms with van der Waals surface area (Å²) in [5.41, 5.74) is 0.163. The van der Waals surface area contributed by atoms with Gasteiger partial charge in [0.15, 0.2) is 0 Å². The van der Waals surface area contributed by atoms with E-state index in [2.05, 4.69) is 15.1 Å². The van der Waals surface area contributed by atoms with E-state index in [1.165, 1.54) is 90.3 Å². The van der Waals surface area contributed by atoms with Crippen molar-refractivity contribution in [3.8, 4) is 0 Å². The number of nitrogens with zero attached hydrogens (tertiary/aromatic N) is 2. The Morgan fingerprint density at radius 2 is 1.42 bits per heavy atom. The summed E-state index contributed by atoms with van der Waals surface area (Å²) in [5.74, 6) is 3.50. The molecule has 0 aromatic rings. The highest BCUT2D eigenvalue weighted by Gasteiger charge is 2.51. The summed E-state index contributed by atoms with van der Waals surface area (Å²) in [7, 11) is 0. The normalized spacial score (nSPS) is 40.8. The summed E-state index contributed by atoms with van der Waals surface area (Å²) in [6.45, 7) is 5.80. The van der Waals surface area contributed by atoms with E-state index in [0.717, 1.165) is 36.8 Å². The Balaban J connectivity index is 1.12. The Hall–Kier alpha value is -0.770. The van der Waals surface area contributed by atoms with Crippen molar-refractivity contribution < 1.29 is 4.79 Å². The van der Waals surface area contributed by atoms with Crippen molar-refractivity contribution in [1.29, 1.82) is 0 Å². The Morgan fingerprint density at radius 3 is 2.00 bits per heavy atom. The summed E-state index contributed by atoms with van der Waals surface area (Å²) < 4.78 is 0. The van der Waals surface area contributed by atoms with Crippen LogP contribution in [0.25, 0.3) is 0 Å². The van der Waals surface area contributed by atoms with Crippen molar-refractivity contribution in [1.82, 2.24) is 15.1 Å². The number of nitrogens with one attached hydrogen (secondary N) is 1. The molecule has 26 heavy (non-hydrogen) atoms. The molecule has 4 nitrogen and oxygen atoms in total. The van der Waals surface area contributed by atoms with Crippen molar-refractivity contribution in [2.24, 2.45) is 23.7 Å². The summed E-state index contributed by atoms with van der Waals surface area (Å²) in [6, 6.07) is 0.253. The molecule has 0 radical (unpaired) electrons. The van der Waals surface area contributed by atoms with Crippen LogP contribution in [0.2, 0.25) is 0 Å². The van der Waals surface area contributed by atoms with Gasteiger partial charge >= 0.3 is 6.03 Å². The molecule has 146 valence electrons. The first-order valence-corrected chi connectivity index (χ1v) is 11.5. The molecule has 2 aliphatic heterocycles. The highest BCUT2D eigenvalue weighted by molar-refractivity contribution is 5.75. The second-order valence-corrected chi connectivity index (χ2v) is 10.4. The number of urea groups is 1. The minimum absolute atomic E-state index is 0.163. The van der Waals surface area contributed by atoms with Gasteiger partial charge in [-0.15, -0.1) is 0 Å². The summed E-state index contributed by atoms with van der Waals surface area (Å²) in [5, 5.41) is 3.57. The lowest BCUT2D eigenvalue weighted by atomic mass is 9.53. The number of amides is 2. The monoisotopic (exact) mass is 359 g/mol. The van der Waals surface area contributed by atoms with Crippen molar-refractivity contribution in [2.75, 3.05) is 32.7 Å². The first-order valence-electron chi connectivity index (χ1n) is 11.5. The molecule has 4 aliphatic carbocycles. The van der Waals surface area contributed by atoms with Crippen molar-refractivity contribution >= 4 is 6.03 Å². The van der Waals surface area contributed by atoms with Gasteiger partial charge in [0, 0.05) is 25.2 Å². The van der Waals surface area contributed by atoms with Gasteiger partial charge < -0.3 is 15.1 Å². The average molecular weight is 360 g/mol. The van der Waals surface area contributed by atoms with Crippen molar-refractivity contribution in [3.63, 3.8) is 0 Å². The summed E-state index contributed by atoms with van der Waals surface area (Å²) in [6.07, 6.45) is 14.7. The largest absolute Gasteiger partial charge is 0.333 e. The molecule has 0 atom stereocenters. The fourth-order valence-electron chi connectivity index (χ4n) is 7.40. The average Bonchev–Trinajstić information content (AvgIpc) is 2.61. The van der Waals surface area contributed by atoms with E-state index in [-0.39, 0.29) is 11.6 Å². The molecule has 4 heteroatoms. The minimum Gasteiger partial charge on any atom is -0.333 e. The van der Waals surface area contributed by atoms with Crippen LogP contribution in [0.5, 0.6) is 0 Å². The molecule has 2 amide bonds. The van der Waals surface area contributed by atoms with Gasteiger partial charge in [-0.25, -0.2) is 4.79 Å². The van der Waals surface area contributed by atoms with Gasteiger partial charge in [0.25, 0.3) is 0 Å². The molecular formula is C22H37N3O. The Morgan fingerprint density at radius 1 is 0.846 bits per heavy atom. The van der Waals surface area contributed by atoms with Crippen LogP contribution in [0.1, 0.15) is 70.6 Å². The Bertz CT molecular complexity index is 484. The van der Waals surface area contributed by atoms with Crippen molar-refractivity contribution in [2.45, 2.75) is 76.2 Å². The van der Waals surface area contributed by atoms with Crippen LogP contribution in [0.15, 0.2) is 0 Å². The lowest BCUT2D eigenvalue weighted by Crippen LogP contribution is -2.62. The number of carbonyl (C=O) groups is 1. The topological polar surface area (TPSA) is 35.6 Å². The van der Waals surface area contributed by atoms with Gasteiger partial charge in [-0.3, -0.25) is 0 Å². The number of hydrogen-bond donors (Lipinski definition) is 1. The van der Waals surface area contributed by atoms with E-state index in [1.807, 2.05) is 0 Å². The number of likely N-dealkylation sites (tertiary alicyclic amines) is 2. The molecule has 4 saturated carbocycles. The van der Waals surface area contributed by atoms with E-state index in [9.17, 15) is 4.79 Å². The Labute approximate surface area is 159 Å². The molecule has 6 fully saturated rings. The molecule has 2 saturated heterocycles. The van der Waals surface area contributed by atoms with Gasteiger partial charge in [-0.1, -0.05) is 6.42 Å². The van der Waals surface area contributed by atoms with E-state index in [0.29, 0.717) is 0 Å². The highest BCUT2D eigenvalue weighted by atomic mass is 16.2. The predicted molar refractivity (Wildman–Crippen MR) is 104 cm³/mol. The number of rotatable bonds is 3. The van der Waals surface area contributed by atoms with Crippen LogP contribution in [0.4, 0.5) is 4.79 Å². The summed E-state index contributed by atoms with van der Waals surface area (Å²) in [4.78, 5) is 17.8. The molecular weight excluding hydrogens is 322 g/mol. The van der Waals surface area contributed by atoms with Crippen LogP contribution in [-0.2, 0) is 0 Å². The highest BCUT2D eigenvalue weighted by Crippen LogP contribution is 2.55. The van der Waals surface area contributed by atoms with Crippen molar-refractivity contribution in [3.05, 3.63) is 0 Å². The quantitative estimate of drug-likeness (QED) is 0.830. The molecule has 0 unspecified atom stereocenters. The zero-order chi connectivity index (χ0) is 17.6. The van der Waals surface area contributed by atoms with E-state index in [1.54, 1.807) is 0 Å². The van der Waals surface area contributed by atoms with Gasteiger partial charge in [0.1, 0.15) is 0 Å². The second-order valence-electron chi connectivity index (χ2n) is 10.4. The van der Waals surface area contributed by atoms with Gasteiger partial charge in [0.2, 0.25) is 0 Å². The first kappa shape index (κ1) is 17.3. The lowest BCUT2D eigenvalue weighted by Gasteiger charge is -2.57. The smallest absolute Gasteiger partial charge is 0.317 e. The maximum atomic E-state index is 13.0. The number of carbonyl (C=O) groups excluding carboxylic acids is 1. The second kappa shape index (κ2) is 7.00. The first-order chi connectivity index (χ1) is 12.7. The number of piperidine rings is 2. The van der Waals surface area contributed by atoms with Crippen LogP contribution in [0, 0.1) is 23.7 Å². The molecule has 1 N–H and O–H groups in total. The predicted octanol–water partition coefficient (Wildman–Crippen LogP) is 3.86. The number of hydrogen-bond acceptors (Lipinski definition) is 2. The van der Waals surface area contributed by atoms with Gasteiger partial charge in [-0.2, -0.15) is 0 Å². The van der Waals surface area contributed by atoms with Crippen LogP contribution >= 0.6 is 0 Å². The third kappa shape index (κ3) is 3.50. The third-order valence-corrected chi connectivity index (χ3v) is 8.28. The van der Waals surface area contributed by atoms with E-state index in [4.69, 9.17) is 0 Å². The zero-order valence-corrected chi connectivity index (χ0v) is 16.4. The minimum atomic E-state index is 0.163. The Kier molecular flexibility index (Phi) is 4.67. The van der Waals surface area contributed by atoms with Crippen LogP contribution in [0.3, 0.4) is 0 Å². The SMILES string of the molecule is O=C(NC12CC3CC(CC(C3)C1)C2)N1CCC(CN2CCCCC2)CC1. The molecule has 4 bridgehead atoms. The van der Waals surface area contributed by atoms with Gasteiger partial charge in [0.05, 0.1) is 0 Å². The fraction of sp³-hybridized carbons (Fsp3) is 0.955. The maximum Gasteiger partial charge on any atom is 0.317 e. The standard InChI is InChI=1S/C22H37N3O/c26-21(23-22-13-18-10-19(14-22)12-20(11-18)15-22)25-8-4-17(5-9-25)16-24-6-2-1-3-7-24/h17-20H,1-16H2,(H,23,26). The fourth-order valence-corrected chi connectivity index (χ4v) is 7.40. The maximum absolute atomic E-state index is 13.0. The lowest BCUT2D eigenvalue weighted by molar-refractivity contribution is -0.0162. The molecule has 0 spiro atoms. The van der Waals surface area contributed by atoms with Gasteiger partial charge in [-0.05, 0) is 101 Å². The van der Waals surface area contributed by atoms with Crippen LogP contribution < -0.4 is 5.32 Å². The zero-order valence-electron chi connectivity index (χ0n) is 16.4.